The Balaban J connectivity index is 2.20. The zero-order valence-electron chi connectivity index (χ0n) is 9.48. The molecule has 1 aliphatic rings. The number of sulfonamides is 1. The summed E-state index contributed by atoms with van der Waals surface area (Å²) in [5, 5.41) is 0. The van der Waals surface area contributed by atoms with E-state index in [1.165, 1.54) is 6.07 Å². The molecule has 2 rings (SSSR count). The van der Waals surface area contributed by atoms with E-state index >= 15 is 0 Å². The lowest BCUT2D eigenvalue weighted by atomic mass is 10.3. The first kappa shape index (κ1) is 12.9. The molecule has 1 saturated carbocycles. The molecule has 17 heavy (non-hydrogen) atoms. The van der Waals surface area contributed by atoms with Crippen molar-refractivity contribution in [3.63, 3.8) is 0 Å². The number of benzene rings is 1. The molecular formula is C11H15BrN2O2S. The summed E-state index contributed by atoms with van der Waals surface area (Å²) in [6.45, 7) is 2.06. The van der Waals surface area contributed by atoms with E-state index in [-0.39, 0.29) is 16.6 Å². The van der Waals surface area contributed by atoms with Crippen molar-refractivity contribution in [2.45, 2.75) is 30.7 Å². The van der Waals surface area contributed by atoms with Crippen LogP contribution in [0.3, 0.4) is 0 Å². The molecule has 2 unspecified atom stereocenters. The first-order valence-electron chi connectivity index (χ1n) is 5.51. The molecule has 0 saturated heterocycles. The molecule has 0 bridgehead atoms. The summed E-state index contributed by atoms with van der Waals surface area (Å²) in [6, 6.07) is 4.87. The van der Waals surface area contributed by atoms with E-state index in [0.717, 1.165) is 17.3 Å². The van der Waals surface area contributed by atoms with Crippen molar-refractivity contribution in [2.24, 2.45) is 5.92 Å². The summed E-state index contributed by atoms with van der Waals surface area (Å²) in [5.74, 6) is 0.474. The summed E-state index contributed by atoms with van der Waals surface area (Å²) in [5.41, 5.74) is 5.99. The van der Waals surface area contributed by atoms with Gasteiger partial charge < -0.3 is 5.73 Å². The molecule has 0 aromatic heterocycles. The topological polar surface area (TPSA) is 72.2 Å². The Hall–Kier alpha value is -0.590. The second kappa shape index (κ2) is 4.59. The molecule has 0 radical (unpaired) electrons. The van der Waals surface area contributed by atoms with Crippen LogP contribution in [0.5, 0.6) is 0 Å². The number of nitrogen functional groups attached to an aromatic ring is 1. The van der Waals surface area contributed by atoms with Crippen LogP contribution < -0.4 is 10.5 Å². The van der Waals surface area contributed by atoms with Gasteiger partial charge in [0.2, 0.25) is 10.0 Å². The van der Waals surface area contributed by atoms with E-state index in [9.17, 15) is 8.42 Å². The van der Waals surface area contributed by atoms with Crippen molar-refractivity contribution in [3.8, 4) is 0 Å². The Labute approximate surface area is 110 Å². The summed E-state index contributed by atoms with van der Waals surface area (Å²) < 4.78 is 27.6. The van der Waals surface area contributed by atoms with Gasteiger partial charge in [0.15, 0.2) is 0 Å². The number of rotatable bonds is 4. The fourth-order valence-corrected chi connectivity index (χ4v) is 3.68. The predicted octanol–water partition coefficient (Wildman–Crippen LogP) is 2.11. The lowest BCUT2D eigenvalue weighted by Crippen LogP contribution is -2.27. The van der Waals surface area contributed by atoms with Crippen molar-refractivity contribution in [1.82, 2.24) is 4.72 Å². The molecule has 4 nitrogen and oxygen atoms in total. The Morgan fingerprint density at radius 3 is 2.76 bits per heavy atom. The Kier molecular flexibility index (Phi) is 3.47. The number of halogens is 1. The normalized spacial score (nSPS) is 23.6. The predicted molar refractivity (Wildman–Crippen MR) is 71.1 cm³/mol. The van der Waals surface area contributed by atoms with Gasteiger partial charge in [0.25, 0.3) is 0 Å². The maximum atomic E-state index is 12.1. The molecule has 6 heteroatoms. The molecule has 3 N–H and O–H groups in total. The third kappa shape index (κ3) is 2.81. The molecule has 1 fully saturated rings. The summed E-state index contributed by atoms with van der Waals surface area (Å²) in [7, 11) is -3.48. The van der Waals surface area contributed by atoms with Crippen LogP contribution in [0.1, 0.15) is 19.8 Å². The number of hydrogen-bond donors (Lipinski definition) is 2. The molecule has 0 aliphatic heterocycles. The van der Waals surface area contributed by atoms with Gasteiger partial charge in [-0.25, -0.2) is 13.1 Å². The van der Waals surface area contributed by atoms with Crippen molar-refractivity contribution in [1.29, 1.82) is 0 Å². The first-order valence-corrected chi connectivity index (χ1v) is 7.79. The van der Waals surface area contributed by atoms with Gasteiger partial charge in [-0.2, -0.15) is 0 Å². The van der Waals surface area contributed by atoms with E-state index in [1.807, 2.05) is 0 Å². The molecule has 1 aromatic rings. The van der Waals surface area contributed by atoms with Gasteiger partial charge in [-0.15, -0.1) is 0 Å². The van der Waals surface area contributed by atoms with Crippen LogP contribution in [-0.2, 0) is 10.0 Å². The van der Waals surface area contributed by atoms with E-state index < -0.39 is 10.0 Å². The van der Waals surface area contributed by atoms with E-state index in [2.05, 4.69) is 27.6 Å². The highest BCUT2D eigenvalue weighted by Crippen LogP contribution is 2.35. The Bertz CT molecular complexity index is 530. The highest BCUT2D eigenvalue weighted by atomic mass is 79.9. The van der Waals surface area contributed by atoms with E-state index in [1.54, 1.807) is 12.1 Å². The van der Waals surface area contributed by atoms with Crippen molar-refractivity contribution in [3.05, 3.63) is 22.7 Å². The molecular weight excluding hydrogens is 304 g/mol. The Morgan fingerprint density at radius 1 is 1.53 bits per heavy atom. The largest absolute Gasteiger partial charge is 0.398 e. The monoisotopic (exact) mass is 318 g/mol. The lowest BCUT2D eigenvalue weighted by molar-refractivity contribution is 0.576. The van der Waals surface area contributed by atoms with Gasteiger partial charge in [-0.3, -0.25) is 0 Å². The first-order chi connectivity index (χ1) is 7.94. The zero-order chi connectivity index (χ0) is 12.6. The quantitative estimate of drug-likeness (QED) is 0.835. The third-order valence-electron chi connectivity index (χ3n) is 3.01. The molecule has 94 valence electrons. The van der Waals surface area contributed by atoms with E-state index in [0.29, 0.717) is 5.92 Å². The van der Waals surface area contributed by atoms with Crippen LogP contribution in [0.15, 0.2) is 27.6 Å². The maximum Gasteiger partial charge on any atom is 0.242 e. The SMILES string of the molecule is CCC1CC1NS(=O)(=O)c1ccc(Br)cc1N. The molecule has 0 heterocycles. The molecule has 1 aliphatic carbocycles. The minimum absolute atomic E-state index is 0.0769. The van der Waals surface area contributed by atoms with Crippen LogP contribution in [0.2, 0.25) is 0 Å². The minimum Gasteiger partial charge on any atom is -0.398 e. The van der Waals surface area contributed by atoms with Gasteiger partial charge in [0, 0.05) is 10.5 Å². The molecule has 0 spiro atoms. The number of anilines is 1. The van der Waals surface area contributed by atoms with Crippen LogP contribution >= 0.6 is 15.9 Å². The maximum absolute atomic E-state index is 12.1. The lowest BCUT2D eigenvalue weighted by Gasteiger charge is -2.09. The number of nitrogens with one attached hydrogen (secondary N) is 1. The van der Waals surface area contributed by atoms with Crippen molar-refractivity contribution >= 4 is 31.6 Å². The van der Waals surface area contributed by atoms with Crippen molar-refractivity contribution < 1.29 is 8.42 Å². The summed E-state index contributed by atoms with van der Waals surface area (Å²) in [6.07, 6.45) is 1.93. The second-order valence-corrected chi connectivity index (χ2v) is 6.91. The Morgan fingerprint density at radius 2 is 2.24 bits per heavy atom. The van der Waals surface area contributed by atoms with Gasteiger partial charge in [-0.05, 0) is 30.5 Å². The van der Waals surface area contributed by atoms with Gasteiger partial charge in [0.05, 0.1) is 5.69 Å². The van der Waals surface area contributed by atoms with E-state index in [4.69, 9.17) is 5.73 Å². The highest BCUT2D eigenvalue weighted by Gasteiger charge is 2.38. The molecule has 1 aromatic carbocycles. The standard InChI is InChI=1S/C11H15BrN2O2S/c1-2-7-5-10(7)14-17(15,16)11-4-3-8(12)6-9(11)13/h3-4,6-7,10,14H,2,5,13H2,1H3. The number of nitrogens with two attached hydrogens (primary N) is 1. The minimum atomic E-state index is -3.48. The summed E-state index contributed by atoms with van der Waals surface area (Å²) >= 11 is 3.25. The van der Waals surface area contributed by atoms with Crippen LogP contribution in [0, 0.1) is 5.92 Å². The fraction of sp³-hybridized carbons (Fsp3) is 0.455. The fourth-order valence-electron chi connectivity index (χ4n) is 1.87. The highest BCUT2D eigenvalue weighted by molar-refractivity contribution is 9.10. The summed E-state index contributed by atoms with van der Waals surface area (Å²) in [4.78, 5) is 0.155. The molecule has 2 atom stereocenters. The number of hydrogen-bond acceptors (Lipinski definition) is 3. The smallest absolute Gasteiger partial charge is 0.242 e. The average Bonchev–Trinajstić information content (AvgIpc) is 2.94. The van der Waals surface area contributed by atoms with Crippen LogP contribution in [-0.4, -0.2) is 14.5 Å². The third-order valence-corrected chi connectivity index (χ3v) is 5.07. The van der Waals surface area contributed by atoms with Crippen molar-refractivity contribution in [2.75, 3.05) is 5.73 Å². The molecule has 0 amide bonds. The average molecular weight is 319 g/mol. The van der Waals surface area contributed by atoms with Gasteiger partial charge in [0.1, 0.15) is 4.90 Å². The van der Waals surface area contributed by atoms with Gasteiger partial charge in [-0.1, -0.05) is 29.3 Å². The van der Waals surface area contributed by atoms with Crippen LogP contribution in [0.25, 0.3) is 0 Å². The van der Waals surface area contributed by atoms with Gasteiger partial charge >= 0.3 is 0 Å². The zero-order valence-corrected chi connectivity index (χ0v) is 11.9. The second-order valence-electron chi connectivity index (χ2n) is 4.31. The van der Waals surface area contributed by atoms with Crippen LogP contribution in [0.4, 0.5) is 5.69 Å².